The molecule has 13 heteroatoms. The molecule has 0 bridgehead atoms. The molecule has 0 aromatic rings. The molecule has 0 aliphatic carbocycles. The molecule has 0 aromatic carbocycles. The van der Waals surface area contributed by atoms with Crippen LogP contribution in [0.15, 0.2) is 0 Å². The molecule has 1 aliphatic heterocycles. The average molecular weight is 534 g/mol. The summed E-state index contributed by atoms with van der Waals surface area (Å²) in [6, 6.07) is -2.39. The third kappa shape index (κ3) is 11.3. The Morgan fingerprint density at radius 2 is 1.76 bits per heavy atom. The normalized spacial score (nSPS) is 20.1. The number of halogens is 3. The monoisotopic (exact) mass is 532 g/mol. The van der Waals surface area contributed by atoms with Crippen LogP contribution >= 0.6 is 34.8 Å². The highest BCUT2D eigenvalue weighted by molar-refractivity contribution is 6.67. The second-order valence-electron chi connectivity index (χ2n) is 9.28. The van der Waals surface area contributed by atoms with Crippen molar-refractivity contribution in [3.63, 3.8) is 0 Å². The SMILES string of the molecule is CC(NC(=O)C(NC(=O)OC(C)(C)C)C(C)C)C(=O)N1CCCC(C(O)OCC(Cl)(Cl)Cl)N1. The smallest absolute Gasteiger partial charge is 0.408 e. The minimum Gasteiger partial charge on any atom is -0.444 e. The molecule has 0 saturated carbocycles. The molecule has 0 radical (unpaired) electrons. The lowest BCUT2D eigenvalue weighted by atomic mass is 10.0. The van der Waals surface area contributed by atoms with Gasteiger partial charge in [-0.2, -0.15) is 0 Å². The van der Waals surface area contributed by atoms with E-state index in [1.807, 2.05) is 0 Å². The quantitative estimate of drug-likeness (QED) is 0.278. The van der Waals surface area contributed by atoms with E-state index in [-0.39, 0.29) is 12.5 Å². The van der Waals surface area contributed by atoms with Crippen molar-refractivity contribution >= 4 is 52.7 Å². The fraction of sp³-hybridized carbons (Fsp3) is 0.850. The maximum atomic E-state index is 12.9. The minimum atomic E-state index is -1.68. The van der Waals surface area contributed by atoms with Gasteiger partial charge in [0.1, 0.15) is 17.7 Å². The number of nitrogens with one attached hydrogen (secondary N) is 3. The molecule has 4 N–H and O–H groups in total. The number of hydrazine groups is 1. The fourth-order valence-corrected chi connectivity index (χ4v) is 3.23. The molecule has 4 unspecified atom stereocenters. The van der Waals surface area contributed by atoms with E-state index in [1.165, 1.54) is 11.9 Å². The van der Waals surface area contributed by atoms with Gasteiger partial charge in [-0.15, -0.1) is 0 Å². The van der Waals surface area contributed by atoms with Gasteiger partial charge < -0.3 is 25.2 Å². The third-order valence-electron chi connectivity index (χ3n) is 4.60. The van der Waals surface area contributed by atoms with Gasteiger partial charge in [-0.1, -0.05) is 48.7 Å². The first-order chi connectivity index (χ1) is 15.0. The summed E-state index contributed by atoms with van der Waals surface area (Å²) in [6.45, 7) is 10.3. The summed E-state index contributed by atoms with van der Waals surface area (Å²) in [5, 5.41) is 16.7. The van der Waals surface area contributed by atoms with E-state index in [2.05, 4.69) is 16.1 Å². The highest BCUT2D eigenvalue weighted by atomic mass is 35.6. The summed E-state index contributed by atoms with van der Waals surface area (Å²) >= 11 is 16.9. The van der Waals surface area contributed by atoms with Gasteiger partial charge in [0.25, 0.3) is 5.91 Å². The van der Waals surface area contributed by atoms with Crippen molar-refractivity contribution in [3.8, 4) is 0 Å². The molecule has 1 saturated heterocycles. The van der Waals surface area contributed by atoms with E-state index in [0.717, 1.165) is 0 Å². The highest BCUT2D eigenvalue weighted by Crippen LogP contribution is 2.27. The van der Waals surface area contributed by atoms with Crippen LogP contribution in [0.2, 0.25) is 0 Å². The minimum absolute atomic E-state index is 0.248. The number of hydrogen-bond donors (Lipinski definition) is 4. The molecular formula is C20H35Cl3N4O6. The van der Waals surface area contributed by atoms with Crippen LogP contribution in [0.5, 0.6) is 0 Å². The number of alkyl halides is 3. The summed E-state index contributed by atoms with van der Waals surface area (Å²) in [7, 11) is 0. The standard InChI is InChI=1S/C20H35Cl3N4O6/c1-11(2)14(25-18(31)33-19(4,5)6)15(28)24-12(3)16(29)27-9-7-8-13(26-27)17(30)32-10-20(21,22)23/h11-14,17,26,30H,7-10H2,1-6H3,(H,24,28)(H,25,31). The van der Waals surface area contributed by atoms with Crippen molar-refractivity contribution in [1.29, 1.82) is 0 Å². The Balaban J connectivity index is 2.69. The van der Waals surface area contributed by atoms with Crippen LogP contribution < -0.4 is 16.1 Å². The van der Waals surface area contributed by atoms with Gasteiger partial charge in [0.15, 0.2) is 6.29 Å². The lowest BCUT2D eigenvalue weighted by Crippen LogP contribution is -2.61. The number of rotatable bonds is 8. The number of amides is 3. The Morgan fingerprint density at radius 1 is 1.15 bits per heavy atom. The molecule has 0 spiro atoms. The number of ether oxygens (including phenoxy) is 2. The van der Waals surface area contributed by atoms with E-state index in [4.69, 9.17) is 44.3 Å². The lowest BCUT2D eigenvalue weighted by molar-refractivity contribution is -0.155. The summed E-state index contributed by atoms with van der Waals surface area (Å²) in [4.78, 5) is 37.7. The Labute approximate surface area is 209 Å². The molecule has 192 valence electrons. The van der Waals surface area contributed by atoms with Crippen molar-refractivity contribution in [2.24, 2.45) is 5.92 Å². The molecular weight excluding hydrogens is 499 g/mol. The van der Waals surface area contributed by atoms with Gasteiger partial charge in [-0.3, -0.25) is 14.6 Å². The number of carbonyl (C=O) groups is 3. The summed E-state index contributed by atoms with van der Waals surface area (Å²) < 4.78 is 8.70. The largest absolute Gasteiger partial charge is 0.444 e. The summed E-state index contributed by atoms with van der Waals surface area (Å²) in [6.07, 6.45) is -0.905. The van der Waals surface area contributed by atoms with Crippen molar-refractivity contribution in [1.82, 2.24) is 21.1 Å². The van der Waals surface area contributed by atoms with Crippen LogP contribution in [0.1, 0.15) is 54.4 Å². The van der Waals surface area contributed by atoms with E-state index in [0.29, 0.717) is 19.4 Å². The zero-order valence-corrected chi connectivity index (χ0v) is 22.1. The molecule has 4 atom stereocenters. The van der Waals surface area contributed by atoms with Crippen LogP contribution in [0, 0.1) is 5.92 Å². The molecule has 1 heterocycles. The number of hydrogen-bond acceptors (Lipinski definition) is 7. The number of carbonyl (C=O) groups excluding carboxylic acids is 3. The van der Waals surface area contributed by atoms with Crippen LogP contribution in [-0.4, -0.2) is 75.0 Å². The molecule has 3 amide bonds. The van der Waals surface area contributed by atoms with Crippen LogP contribution in [0.4, 0.5) is 4.79 Å². The molecule has 1 aliphatic rings. The van der Waals surface area contributed by atoms with Gasteiger partial charge in [0.05, 0.1) is 12.6 Å². The Bertz CT molecular complexity index is 684. The van der Waals surface area contributed by atoms with Gasteiger partial charge in [0.2, 0.25) is 9.70 Å². The van der Waals surface area contributed by atoms with Gasteiger partial charge in [-0.25, -0.2) is 10.2 Å². The second kappa shape index (κ2) is 12.6. The molecule has 10 nitrogen and oxygen atoms in total. The summed E-state index contributed by atoms with van der Waals surface area (Å²) in [5.74, 6) is -1.18. The summed E-state index contributed by atoms with van der Waals surface area (Å²) in [5.41, 5.74) is 2.18. The zero-order valence-electron chi connectivity index (χ0n) is 19.8. The molecule has 1 rings (SSSR count). The molecule has 1 fully saturated rings. The van der Waals surface area contributed by atoms with E-state index < -0.39 is 51.7 Å². The van der Waals surface area contributed by atoms with E-state index in [9.17, 15) is 19.5 Å². The predicted molar refractivity (Wildman–Crippen MR) is 126 cm³/mol. The van der Waals surface area contributed by atoms with Crippen LogP contribution in [-0.2, 0) is 19.1 Å². The van der Waals surface area contributed by atoms with Gasteiger partial charge in [0, 0.05) is 6.54 Å². The van der Waals surface area contributed by atoms with E-state index >= 15 is 0 Å². The highest BCUT2D eigenvalue weighted by Gasteiger charge is 2.34. The first-order valence-corrected chi connectivity index (χ1v) is 11.9. The Morgan fingerprint density at radius 3 is 2.27 bits per heavy atom. The predicted octanol–water partition coefficient (Wildman–Crippen LogP) is 2.24. The lowest BCUT2D eigenvalue weighted by Gasteiger charge is -2.37. The van der Waals surface area contributed by atoms with Gasteiger partial charge in [-0.05, 0) is 46.5 Å². The number of aliphatic hydroxyl groups is 1. The van der Waals surface area contributed by atoms with Crippen molar-refractivity contribution < 1.29 is 29.0 Å². The van der Waals surface area contributed by atoms with Crippen molar-refractivity contribution in [3.05, 3.63) is 0 Å². The third-order valence-corrected chi connectivity index (χ3v) is 4.92. The Kier molecular flexibility index (Phi) is 11.5. The first kappa shape index (κ1) is 30.0. The molecule has 33 heavy (non-hydrogen) atoms. The molecule has 0 aromatic heterocycles. The average Bonchev–Trinajstić information content (AvgIpc) is 2.67. The van der Waals surface area contributed by atoms with Crippen molar-refractivity contribution in [2.45, 2.75) is 88.2 Å². The first-order valence-electron chi connectivity index (χ1n) is 10.7. The van der Waals surface area contributed by atoms with Crippen molar-refractivity contribution in [2.75, 3.05) is 13.2 Å². The van der Waals surface area contributed by atoms with Gasteiger partial charge >= 0.3 is 6.09 Å². The van der Waals surface area contributed by atoms with E-state index in [1.54, 1.807) is 34.6 Å². The van der Waals surface area contributed by atoms with Crippen LogP contribution in [0.3, 0.4) is 0 Å². The Hall–Kier alpha value is -1.04. The number of aliphatic hydroxyl groups excluding tert-OH is 1. The number of nitrogens with zero attached hydrogens (tertiary/aromatic N) is 1. The maximum Gasteiger partial charge on any atom is 0.408 e. The van der Waals surface area contributed by atoms with Crippen LogP contribution in [0.25, 0.3) is 0 Å². The second-order valence-corrected chi connectivity index (χ2v) is 11.8. The topological polar surface area (TPSA) is 129 Å². The number of alkyl carbamates (subject to hydrolysis) is 1. The zero-order chi connectivity index (χ0) is 25.6. The fourth-order valence-electron chi connectivity index (χ4n) is 3.04. The maximum absolute atomic E-state index is 12.9.